The van der Waals surface area contributed by atoms with E-state index >= 15 is 0 Å². The predicted molar refractivity (Wildman–Crippen MR) is 83.9 cm³/mol. The number of nitrogen functional groups attached to an aromatic ring is 1. The van der Waals surface area contributed by atoms with Crippen molar-refractivity contribution >= 4 is 22.3 Å². The molecule has 0 unspecified atom stereocenters. The molecule has 1 saturated heterocycles. The van der Waals surface area contributed by atoms with E-state index in [0.717, 1.165) is 11.2 Å². The molecule has 0 bridgehead atoms. The molecule has 1 aliphatic heterocycles. The average molecular weight is 267 g/mol. The zero-order valence-corrected chi connectivity index (χ0v) is 11.8. The highest BCUT2D eigenvalue weighted by molar-refractivity contribution is 5.98. The van der Waals surface area contributed by atoms with E-state index in [-0.39, 0.29) is 0 Å². The average Bonchev–Trinajstić information content (AvgIpc) is 2.47. The second-order valence-electron chi connectivity index (χ2n) is 6.49. The van der Waals surface area contributed by atoms with Gasteiger partial charge in [0.1, 0.15) is 0 Å². The first-order chi connectivity index (χ1) is 9.77. The maximum absolute atomic E-state index is 6.04. The van der Waals surface area contributed by atoms with Crippen molar-refractivity contribution in [3.8, 4) is 0 Å². The number of aromatic nitrogens is 1. The molecule has 1 aromatic carbocycles. The Kier molecular flexibility index (Phi) is 2.62. The van der Waals surface area contributed by atoms with Crippen LogP contribution in [0.4, 0.5) is 11.4 Å². The van der Waals surface area contributed by atoms with Crippen LogP contribution < -0.4 is 10.6 Å². The van der Waals surface area contributed by atoms with Crippen LogP contribution in [0.2, 0.25) is 0 Å². The van der Waals surface area contributed by atoms with Crippen LogP contribution in [0, 0.1) is 5.41 Å². The normalized spacial score (nSPS) is 21.1. The highest BCUT2D eigenvalue weighted by Crippen LogP contribution is 2.46. The topological polar surface area (TPSA) is 42.1 Å². The molecule has 3 heteroatoms. The summed E-state index contributed by atoms with van der Waals surface area (Å²) in [5, 5.41) is 1.19. The van der Waals surface area contributed by atoms with Crippen molar-refractivity contribution in [2.24, 2.45) is 5.41 Å². The van der Waals surface area contributed by atoms with Gasteiger partial charge in [-0.25, -0.2) is 0 Å². The monoisotopic (exact) mass is 267 g/mol. The molecule has 1 aromatic heterocycles. The fourth-order valence-corrected chi connectivity index (χ4v) is 4.01. The van der Waals surface area contributed by atoms with Crippen LogP contribution in [-0.4, -0.2) is 18.1 Å². The number of anilines is 2. The van der Waals surface area contributed by atoms with E-state index in [1.54, 1.807) is 0 Å². The zero-order chi connectivity index (χ0) is 13.6. The Morgan fingerprint density at radius 3 is 2.65 bits per heavy atom. The summed E-state index contributed by atoms with van der Waals surface area (Å²) in [6.45, 7) is 2.42. The lowest BCUT2D eigenvalue weighted by Gasteiger charge is -2.53. The van der Waals surface area contributed by atoms with Crippen LogP contribution in [0.25, 0.3) is 10.9 Å². The Hall–Kier alpha value is -1.77. The van der Waals surface area contributed by atoms with E-state index in [2.05, 4.69) is 22.0 Å². The lowest BCUT2D eigenvalue weighted by Crippen LogP contribution is -2.57. The van der Waals surface area contributed by atoms with E-state index in [9.17, 15) is 0 Å². The Balaban J connectivity index is 1.66. The van der Waals surface area contributed by atoms with Gasteiger partial charge in [-0.1, -0.05) is 19.3 Å². The second-order valence-corrected chi connectivity index (χ2v) is 6.49. The van der Waals surface area contributed by atoms with Gasteiger partial charge < -0.3 is 10.6 Å². The van der Waals surface area contributed by atoms with Crippen molar-refractivity contribution in [1.82, 2.24) is 4.98 Å². The van der Waals surface area contributed by atoms with Crippen molar-refractivity contribution in [2.75, 3.05) is 23.7 Å². The maximum atomic E-state index is 6.04. The van der Waals surface area contributed by atoms with Gasteiger partial charge in [-0.15, -0.1) is 0 Å². The number of fused-ring (bicyclic) bond motifs is 1. The predicted octanol–water partition coefficient (Wildman–Crippen LogP) is 3.59. The smallest absolute Gasteiger partial charge is 0.0951 e. The highest BCUT2D eigenvalue weighted by atomic mass is 15.2. The molecule has 2 aliphatic rings. The summed E-state index contributed by atoms with van der Waals surface area (Å²) in [6.07, 6.45) is 8.90. The van der Waals surface area contributed by atoms with Gasteiger partial charge in [0, 0.05) is 35.8 Å². The summed E-state index contributed by atoms with van der Waals surface area (Å²) in [6, 6.07) is 8.30. The number of hydrogen-bond donors (Lipinski definition) is 1. The molecule has 1 saturated carbocycles. The molecule has 0 radical (unpaired) electrons. The molecule has 0 amide bonds. The summed E-state index contributed by atoms with van der Waals surface area (Å²) in [5.74, 6) is 0. The standard InChI is InChI=1S/C17H21N3/c18-14-6-7-15(13-5-4-10-19-16(13)14)20-11-17(12-20)8-2-1-3-9-17/h4-7,10H,1-3,8-9,11-12,18H2. The van der Waals surface area contributed by atoms with Crippen molar-refractivity contribution in [2.45, 2.75) is 32.1 Å². The molecule has 20 heavy (non-hydrogen) atoms. The highest BCUT2D eigenvalue weighted by Gasteiger charge is 2.43. The third-order valence-corrected chi connectivity index (χ3v) is 5.09. The first-order valence-corrected chi connectivity index (χ1v) is 7.66. The van der Waals surface area contributed by atoms with Gasteiger partial charge in [-0.3, -0.25) is 4.98 Å². The summed E-state index contributed by atoms with van der Waals surface area (Å²) in [5.41, 5.74) is 9.66. The lowest BCUT2D eigenvalue weighted by molar-refractivity contribution is 0.140. The molecule has 2 N–H and O–H groups in total. The maximum Gasteiger partial charge on any atom is 0.0951 e. The van der Waals surface area contributed by atoms with Gasteiger partial charge in [0.15, 0.2) is 0 Å². The largest absolute Gasteiger partial charge is 0.397 e. The summed E-state index contributed by atoms with van der Waals surface area (Å²) >= 11 is 0. The van der Waals surface area contributed by atoms with E-state index in [1.807, 2.05) is 18.3 Å². The molecule has 4 rings (SSSR count). The molecule has 3 nitrogen and oxygen atoms in total. The Morgan fingerprint density at radius 1 is 1.05 bits per heavy atom. The quantitative estimate of drug-likeness (QED) is 0.803. The first-order valence-electron chi connectivity index (χ1n) is 7.66. The van der Waals surface area contributed by atoms with Crippen molar-refractivity contribution in [3.63, 3.8) is 0 Å². The van der Waals surface area contributed by atoms with E-state index < -0.39 is 0 Å². The van der Waals surface area contributed by atoms with E-state index in [0.29, 0.717) is 5.41 Å². The van der Waals surface area contributed by atoms with E-state index in [1.165, 1.54) is 56.3 Å². The van der Waals surface area contributed by atoms with Crippen LogP contribution in [0.1, 0.15) is 32.1 Å². The first kappa shape index (κ1) is 12.0. The molecule has 2 aromatic rings. The van der Waals surface area contributed by atoms with Gasteiger partial charge in [-0.05, 0) is 37.1 Å². The van der Waals surface area contributed by atoms with Crippen LogP contribution >= 0.6 is 0 Å². The molecule has 104 valence electrons. The molecule has 2 fully saturated rings. The van der Waals surface area contributed by atoms with Crippen LogP contribution in [0.5, 0.6) is 0 Å². The van der Waals surface area contributed by atoms with Crippen LogP contribution in [0.15, 0.2) is 30.5 Å². The minimum absolute atomic E-state index is 0.605. The number of rotatable bonds is 1. The molecule has 1 spiro atoms. The Bertz CT molecular complexity index is 636. The summed E-state index contributed by atoms with van der Waals surface area (Å²) in [7, 11) is 0. The minimum atomic E-state index is 0.605. The number of pyridine rings is 1. The third-order valence-electron chi connectivity index (χ3n) is 5.09. The third kappa shape index (κ3) is 1.76. The molecular formula is C17H21N3. The van der Waals surface area contributed by atoms with Gasteiger partial charge in [-0.2, -0.15) is 0 Å². The van der Waals surface area contributed by atoms with Crippen molar-refractivity contribution in [1.29, 1.82) is 0 Å². The number of nitrogens with two attached hydrogens (primary N) is 1. The number of nitrogens with zero attached hydrogens (tertiary/aromatic N) is 2. The number of hydrogen-bond acceptors (Lipinski definition) is 3. The SMILES string of the molecule is Nc1ccc(N2CC3(CCCCC3)C2)c2cccnc12. The Labute approximate surface area is 119 Å². The summed E-state index contributed by atoms with van der Waals surface area (Å²) < 4.78 is 0. The molecular weight excluding hydrogens is 246 g/mol. The van der Waals surface area contributed by atoms with Crippen molar-refractivity contribution < 1.29 is 0 Å². The summed E-state index contributed by atoms with van der Waals surface area (Å²) in [4.78, 5) is 6.94. The fourth-order valence-electron chi connectivity index (χ4n) is 4.01. The van der Waals surface area contributed by atoms with Gasteiger partial charge in [0.2, 0.25) is 0 Å². The molecule has 0 atom stereocenters. The number of benzene rings is 1. The van der Waals surface area contributed by atoms with Crippen LogP contribution in [-0.2, 0) is 0 Å². The zero-order valence-electron chi connectivity index (χ0n) is 11.8. The lowest BCUT2D eigenvalue weighted by atomic mass is 9.68. The second kappa shape index (κ2) is 4.37. The Morgan fingerprint density at radius 2 is 1.85 bits per heavy atom. The fraction of sp³-hybridized carbons (Fsp3) is 0.471. The van der Waals surface area contributed by atoms with Crippen molar-refractivity contribution in [3.05, 3.63) is 30.5 Å². The van der Waals surface area contributed by atoms with Crippen LogP contribution in [0.3, 0.4) is 0 Å². The van der Waals surface area contributed by atoms with Gasteiger partial charge >= 0.3 is 0 Å². The van der Waals surface area contributed by atoms with E-state index in [4.69, 9.17) is 5.73 Å². The van der Waals surface area contributed by atoms with Gasteiger partial charge in [0.25, 0.3) is 0 Å². The minimum Gasteiger partial charge on any atom is -0.397 e. The molecule has 2 heterocycles. The van der Waals surface area contributed by atoms with Gasteiger partial charge in [0.05, 0.1) is 11.2 Å². The molecule has 1 aliphatic carbocycles.